The lowest BCUT2D eigenvalue weighted by atomic mass is 10.1. The number of phenols is 1. The molecule has 1 aromatic carbocycles. The summed E-state index contributed by atoms with van der Waals surface area (Å²) in [5, 5.41) is 18.2. The normalized spacial score (nSPS) is 15.2. The van der Waals surface area contributed by atoms with Gasteiger partial charge in [0.1, 0.15) is 10.8 Å². The summed E-state index contributed by atoms with van der Waals surface area (Å²) in [4.78, 5) is 16.6. The number of urea groups is 1. The molecule has 3 N–H and O–H groups in total. The maximum absolute atomic E-state index is 12.1. The van der Waals surface area contributed by atoms with Crippen molar-refractivity contribution in [1.29, 1.82) is 0 Å². The van der Waals surface area contributed by atoms with Crippen LogP contribution in [0.4, 0.5) is 4.79 Å². The zero-order chi connectivity index (χ0) is 16.2. The molecule has 1 saturated carbocycles. The van der Waals surface area contributed by atoms with Gasteiger partial charge in [0.05, 0.1) is 6.04 Å². The first-order valence-electron chi connectivity index (χ1n) is 7.86. The van der Waals surface area contributed by atoms with E-state index in [1.165, 1.54) is 0 Å². The van der Waals surface area contributed by atoms with E-state index < -0.39 is 0 Å². The Morgan fingerprint density at radius 2 is 2.13 bits per heavy atom. The van der Waals surface area contributed by atoms with Crippen LogP contribution >= 0.6 is 11.3 Å². The van der Waals surface area contributed by atoms with Gasteiger partial charge in [-0.15, -0.1) is 11.3 Å². The van der Waals surface area contributed by atoms with Crippen molar-refractivity contribution in [3.8, 4) is 5.75 Å². The molecule has 1 aromatic heterocycles. The van der Waals surface area contributed by atoms with Crippen LogP contribution in [-0.2, 0) is 6.42 Å². The van der Waals surface area contributed by atoms with Crippen LogP contribution in [0.15, 0.2) is 29.6 Å². The highest BCUT2D eigenvalue weighted by molar-refractivity contribution is 7.09. The van der Waals surface area contributed by atoms with Crippen molar-refractivity contribution < 1.29 is 9.90 Å². The minimum Gasteiger partial charge on any atom is -0.508 e. The molecule has 2 amide bonds. The average Bonchev–Trinajstić information content (AvgIpc) is 3.28. The molecule has 1 fully saturated rings. The molecule has 0 unspecified atom stereocenters. The fourth-order valence-electron chi connectivity index (χ4n) is 2.50. The van der Waals surface area contributed by atoms with E-state index in [4.69, 9.17) is 0 Å². The zero-order valence-corrected chi connectivity index (χ0v) is 13.9. The van der Waals surface area contributed by atoms with Gasteiger partial charge in [-0.3, -0.25) is 0 Å². The quantitative estimate of drug-likeness (QED) is 0.761. The number of rotatable bonds is 6. The maximum Gasteiger partial charge on any atom is 0.315 e. The number of nitrogens with zero attached hydrogens (tertiary/aromatic N) is 1. The third-order valence-electron chi connectivity index (χ3n) is 3.92. The van der Waals surface area contributed by atoms with Crippen molar-refractivity contribution in [2.75, 3.05) is 6.54 Å². The smallest absolute Gasteiger partial charge is 0.315 e. The number of carbonyl (C=O) groups is 1. The van der Waals surface area contributed by atoms with Gasteiger partial charge in [-0.05, 0) is 49.8 Å². The number of nitrogens with one attached hydrogen (secondary N) is 2. The Hall–Kier alpha value is -2.08. The van der Waals surface area contributed by atoms with Crippen LogP contribution in [0, 0.1) is 12.8 Å². The number of amides is 2. The number of aromatic nitrogens is 1. The van der Waals surface area contributed by atoms with E-state index in [0.29, 0.717) is 12.5 Å². The Kier molecular flexibility index (Phi) is 4.81. The second kappa shape index (κ2) is 7.00. The summed E-state index contributed by atoms with van der Waals surface area (Å²) in [6.07, 6.45) is 3.03. The number of carbonyl (C=O) groups excluding carboxylic acids is 1. The molecule has 5 nitrogen and oxygen atoms in total. The number of phenolic OH excluding ortho intramolecular Hbond substituents is 1. The Morgan fingerprint density at radius 3 is 2.74 bits per heavy atom. The predicted molar refractivity (Wildman–Crippen MR) is 90.7 cm³/mol. The van der Waals surface area contributed by atoms with Crippen molar-refractivity contribution in [3.63, 3.8) is 0 Å². The van der Waals surface area contributed by atoms with Gasteiger partial charge in [-0.1, -0.05) is 12.1 Å². The van der Waals surface area contributed by atoms with E-state index >= 15 is 0 Å². The highest BCUT2D eigenvalue weighted by atomic mass is 32.1. The van der Waals surface area contributed by atoms with Gasteiger partial charge in [0.15, 0.2) is 0 Å². The Balaban J connectivity index is 1.48. The van der Waals surface area contributed by atoms with Gasteiger partial charge < -0.3 is 15.7 Å². The topological polar surface area (TPSA) is 74.2 Å². The Morgan fingerprint density at radius 1 is 1.39 bits per heavy atom. The van der Waals surface area contributed by atoms with E-state index in [2.05, 4.69) is 15.6 Å². The predicted octanol–water partition coefficient (Wildman–Crippen LogP) is 3.15. The number of aryl methyl sites for hydroxylation is 1. The Bertz CT molecular complexity index is 665. The number of thiazole rings is 1. The highest BCUT2D eigenvalue weighted by Gasteiger charge is 2.35. The monoisotopic (exact) mass is 331 g/mol. The molecule has 23 heavy (non-hydrogen) atoms. The molecule has 6 heteroatoms. The molecule has 0 bridgehead atoms. The van der Waals surface area contributed by atoms with E-state index in [-0.39, 0.29) is 17.8 Å². The summed E-state index contributed by atoms with van der Waals surface area (Å²) in [6.45, 7) is 2.53. The van der Waals surface area contributed by atoms with Crippen LogP contribution in [0.3, 0.4) is 0 Å². The molecule has 0 saturated heterocycles. The largest absolute Gasteiger partial charge is 0.508 e. The first kappa shape index (κ1) is 15.8. The van der Waals surface area contributed by atoms with Crippen molar-refractivity contribution in [2.24, 2.45) is 5.92 Å². The fraction of sp³-hybridized carbons (Fsp3) is 0.412. The van der Waals surface area contributed by atoms with Crippen molar-refractivity contribution in [3.05, 3.63) is 45.9 Å². The van der Waals surface area contributed by atoms with Crippen LogP contribution in [0.5, 0.6) is 5.75 Å². The van der Waals surface area contributed by atoms with Crippen LogP contribution in [-0.4, -0.2) is 22.7 Å². The van der Waals surface area contributed by atoms with Crippen molar-refractivity contribution in [2.45, 2.75) is 32.2 Å². The SMILES string of the molecule is Cc1csc([C@H](NC(=O)NCCc2ccc(O)cc2)C2CC2)n1. The van der Waals surface area contributed by atoms with Gasteiger partial charge in [0.2, 0.25) is 0 Å². The summed E-state index contributed by atoms with van der Waals surface area (Å²) < 4.78 is 0. The van der Waals surface area contributed by atoms with Gasteiger partial charge in [-0.2, -0.15) is 0 Å². The standard InChI is InChI=1S/C17H21N3O2S/c1-11-10-23-16(19-11)15(13-4-5-13)20-17(22)18-9-8-12-2-6-14(21)7-3-12/h2-3,6-7,10,13,15,21H,4-5,8-9H2,1H3,(H2,18,20,22)/t15-/m1/s1. The first-order valence-corrected chi connectivity index (χ1v) is 8.74. The van der Waals surface area contributed by atoms with Crippen LogP contribution < -0.4 is 10.6 Å². The number of hydrogen-bond acceptors (Lipinski definition) is 4. The number of aromatic hydroxyl groups is 1. The van der Waals surface area contributed by atoms with Gasteiger partial charge in [-0.25, -0.2) is 9.78 Å². The number of benzene rings is 1. The van der Waals surface area contributed by atoms with Gasteiger partial charge in [0.25, 0.3) is 0 Å². The molecule has 0 aliphatic heterocycles. The molecule has 0 spiro atoms. The molecule has 2 aromatic rings. The van der Waals surface area contributed by atoms with E-state index in [9.17, 15) is 9.90 Å². The molecule has 1 aliphatic carbocycles. The van der Waals surface area contributed by atoms with Gasteiger partial charge in [0, 0.05) is 17.6 Å². The van der Waals surface area contributed by atoms with Crippen LogP contribution in [0.1, 0.15) is 35.1 Å². The van der Waals surface area contributed by atoms with E-state index in [1.807, 2.05) is 24.4 Å². The third-order valence-corrected chi connectivity index (χ3v) is 4.96. The molecular formula is C17H21N3O2S. The van der Waals surface area contributed by atoms with Crippen LogP contribution in [0.25, 0.3) is 0 Å². The van der Waals surface area contributed by atoms with Crippen molar-refractivity contribution in [1.82, 2.24) is 15.6 Å². The summed E-state index contributed by atoms with van der Waals surface area (Å²) in [5.41, 5.74) is 2.09. The van der Waals surface area contributed by atoms with Crippen molar-refractivity contribution >= 4 is 17.4 Å². The minimum absolute atomic E-state index is 0.0300. The molecule has 1 heterocycles. The third kappa shape index (κ3) is 4.45. The minimum atomic E-state index is -0.145. The number of hydrogen-bond donors (Lipinski definition) is 3. The lowest BCUT2D eigenvalue weighted by Crippen LogP contribution is -2.39. The summed E-state index contributed by atoms with van der Waals surface area (Å²) in [7, 11) is 0. The molecule has 3 rings (SSSR count). The second-order valence-corrected chi connectivity index (χ2v) is 6.85. The molecule has 122 valence electrons. The van der Waals surface area contributed by atoms with E-state index in [1.54, 1.807) is 23.5 Å². The maximum atomic E-state index is 12.1. The molecule has 1 aliphatic rings. The second-order valence-electron chi connectivity index (χ2n) is 5.96. The summed E-state index contributed by atoms with van der Waals surface area (Å²) in [6, 6.07) is 6.92. The lowest BCUT2D eigenvalue weighted by molar-refractivity contribution is 0.235. The van der Waals surface area contributed by atoms with Gasteiger partial charge >= 0.3 is 6.03 Å². The summed E-state index contributed by atoms with van der Waals surface area (Å²) in [5.74, 6) is 0.772. The van der Waals surface area contributed by atoms with E-state index in [0.717, 1.165) is 35.5 Å². The lowest BCUT2D eigenvalue weighted by Gasteiger charge is -2.16. The summed E-state index contributed by atoms with van der Waals surface area (Å²) >= 11 is 1.61. The zero-order valence-electron chi connectivity index (χ0n) is 13.1. The van der Waals surface area contributed by atoms with Crippen LogP contribution in [0.2, 0.25) is 0 Å². The average molecular weight is 331 g/mol. The first-order chi connectivity index (χ1) is 11.1. The molecule has 1 atom stereocenters. The Labute approximate surface area is 139 Å². The molecule has 0 radical (unpaired) electrons. The molecular weight excluding hydrogens is 310 g/mol. The highest BCUT2D eigenvalue weighted by Crippen LogP contribution is 2.41. The fourth-order valence-corrected chi connectivity index (χ4v) is 3.44.